The van der Waals surface area contributed by atoms with Gasteiger partial charge in [-0.3, -0.25) is 0 Å². The summed E-state index contributed by atoms with van der Waals surface area (Å²) in [5, 5.41) is 0. The van der Waals surface area contributed by atoms with Crippen molar-refractivity contribution in [3.63, 3.8) is 0 Å². The Balaban J connectivity index is 0.00000200. The first kappa shape index (κ1) is 21.4. The molecular formula is C18H26Cl2Zr. The molecule has 3 heteroatoms. The van der Waals surface area contributed by atoms with E-state index in [1.807, 2.05) is 0 Å². The Morgan fingerprint density at radius 1 is 0.952 bits per heavy atom. The molecule has 0 aromatic rings. The number of hydrogen-bond acceptors (Lipinski definition) is 0. The maximum absolute atomic E-state index is 2.69. The quantitative estimate of drug-likeness (QED) is 0.586. The molecule has 0 nitrogen and oxygen atoms in total. The Morgan fingerprint density at radius 2 is 1.57 bits per heavy atom. The Bertz CT molecular complexity index is 448. The van der Waals surface area contributed by atoms with Crippen molar-refractivity contribution in [2.75, 3.05) is 0 Å². The van der Waals surface area contributed by atoms with Crippen LogP contribution < -0.4 is 24.8 Å². The van der Waals surface area contributed by atoms with Crippen LogP contribution in [0.4, 0.5) is 0 Å². The van der Waals surface area contributed by atoms with E-state index in [1.165, 1.54) is 25.7 Å². The monoisotopic (exact) mass is 402 g/mol. The fourth-order valence-corrected chi connectivity index (χ4v) is 8.44. The molecule has 0 aromatic heterocycles. The maximum Gasteiger partial charge on any atom is -1.00 e. The second kappa shape index (κ2) is 9.54. The molecule has 0 fully saturated rings. The largest absolute Gasteiger partial charge is 1.00 e. The number of halogens is 2. The molecule has 0 amide bonds. The molecule has 0 N–H and O–H groups in total. The molecule has 0 saturated carbocycles. The van der Waals surface area contributed by atoms with Crippen LogP contribution in [0.5, 0.6) is 0 Å². The van der Waals surface area contributed by atoms with Gasteiger partial charge in [0.2, 0.25) is 0 Å². The van der Waals surface area contributed by atoms with Gasteiger partial charge in [0.15, 0.2) is 0 Å². The van der Waals surface area contributed by atoms with Crippen LogP contribution in [0.1, 0.15) is 53.4 Å². The Kier molecular flexibility index (Phi) is 9.73. The number of rotatable bonds is 6. The Labute approximate surface area is 154 Å². The average Bonchev–Trinajstić information content (AvgIpc) is 3.04. The zero-order chi connectivity index (χ0) is 13.9. The van der Waals surface area contributed by atoms with Crippen molar-refractivity contribution < 1.29 is 48.0 Å². The van der Waals surface area contributed by atoms with E-state index in [9.17, 15) is 0 Å². The van der Waals surface area contributed by atoms with Crippen molar-refractivity contribution in [3.05, 3.63) is 47.1 Å². The van der Waals surface area contributed by atoms with Crippen molar-refractivity contribution in [3.8, 4) is 0 Å². The van der Waals surface area contributed by atoms with Crippen LogP contribution in [-0.2, 0) is 23.2 Å². The topological polar surface area (TPSA) is 0 Å². The molecule has 2 aliphatic rings. The van der Waals surface area contributed by atoms with Crippen molar-refractivity contribution in [2.45, 2.75) is 60.1 Å². The summed E-state index contributed by atoms with van der Waals surface area (Å²) in [5.41, 5.74) is 5.17. The van der Waals surface area contributed by atoms with Crippen molar-refractivity contribution in [2.24, 2.45) is 0 Å². The zero-order valence-electron chi connectivity index (χ0n) is 13.5. The Morgan fingerprint density at radius 3 is 2.00 bits per heavy atom. The summed E-state index contributed by atoms with van der Waals surface area (Å²) < 4.78 is 1.30. The molecule has 0 spiro atoms. The third-order valence-corrected chi connectivity index (χ3v) is 9.53. The number of hydrogen-bond donors (Lipinski definition) is 0. The normalized spacial score (nSPS) is 23.7. The predicted molar refractivity (Wildman–Crippen MR) is 81.0 cm³/mol. The van der Waals surface area contributed by atoms with Gasteiger partial charge in [0.25, 0.3) is 0 Å². The summed E-state index contributed by atoms with van der Waals surface area (Å²) in [4.78, 5) is 0. The fraction of sp³-hybridized carbons (Fsp3) is 0.556. The van der Waals surface area contributed by atoms with Crippen LogP contribution in [0.2, 0.25) is 6.75 Å². The second-order valence-corrected chi connectivity index (χ2v) is 9.99. The van der Waals surface area contributed by atoms with Crippen molar-refractivity contribution in [1.82, 2.24) is 0 Å². The van der Waals surface area contributed by atoms with E-state index in [1.54, 1.807) is 16.7 Å². The molecule has 0 saturated heterocycles. The van der Waals surface area contributed by atoms with Gasteiger partial charge in [0.05, 0.1) is 0 Å². The van der Waals surface area contributed by atoms with E-state index in [2.05, 4.69) is 58.1 Å². The third kappa shape index (κ3) is 4.24. The van der Waals surface area contributed by atoms with E-state index >= 15 is 0 Å². The second-order valence-electron chi connectivity index (χ2n) is 5.45. The smallest absolute Gasteiger partial charge is 1.00 e. The van der Waals surface area contributed by atoms with Gasteiger partial charge in [-0.1, -0.05) is 0 Å². The molecule has 116 valence electrons. The summed E-state index contributed by atoms with van der Waals surface area (Å²) in [6.07, 6.45) is 17.0. The molecular weight excluding hydrogens is 378 g/mol. The molecule has 2 rings (SSSR count). The van der Waals surface area contributed by atoms with Gasteiger partial charge in [-0.2, -0.15) is 0 Å². The van der Waals surface area contributed by atoms with Crippen LogP contribution in [0.3, 0.4) is 0 Å². The van der Waals surface area contributed by atoms with Crippen LogP contribution in [0.15, 0.2) is 47.1 Å². The zero-order valence-corrected chi connectivity index (χ0v) is 17.5. The van der Waals surface area contributed by atoms with E-state index in [-0.39, 0.29) is 24.8 Å². The summed E-state index contributed by atoms with van der Waals surface area (Å²) in [7, 11) is 0. The molecule has 0 aromatic carbocycles. The van der Waals surface area contributed by atoms with Crippen LogP contribution in [0, 0.1) is 0 Å². The van der Waals surface area contributed by atoms with E-state index < -0.39 is 23.2 Å². The van der Waals surface area contributed by atoms with E-state index in [0.717, 1.165) is 3.63 Å². The van der Waals surface area contributed by atoms with Crippen LogP contribution in [0.25, 0.3) is 0 Å². The maximum atomic E-state index is 2.69. The first-order chi connectivity index (χ1) is 9.20. The van der Waals surface area contributed by atoms with Gasteiger partial charge in [0.1, 0.15) is 0 Å². The van der Waals surface area contributed by atoms with Gasteiger partial charge < -0.3 is 24.8 Å². The molecule has 0 radical (unpaired) electrons. The molecule has 1 atom stereocenters. The standard InChI is InChI=1S/C13H21.C5H5.2ClH.Zr/c1-5-10-9-11(6-2)13(8-4)12(10)7-3;1-2-4-5-3-1;;;/h9H,5-8H2,1-4H3;1-5H;2*1H;/q;;;;+2/p-2. The first-order valence-corrected chi connectivity index (χ1v) is 10.4. The average molecular weight is 405 g/mol. The SMILES string of the molecule is CCC1=C[C](CC)([Zr+2][CH]2C=CC=C2)C(CC)=C1CC.[Cl-].[Cl-]. The van der Waals surface area contributed by atoms with Crippen molar-refractivity contribution >= 4 is 0 Å². The number of allylic oxidation sites excluding steroid dienone is 8. The molecule has 21 heavy (non-hydrogen) atoms. The van der Waals surface area contributed by atoms with Gasteiger partial charge in [-0.25, -0.2) is 0 Å². The minimum absolute atomic E-state index is 0. The molecule has 2 aliphatic carbocycles. The summed E-state index contributed by atoms with van der Waals surface area (Å²) in [6, 6.07) is 0. The van der Waals surface area contributed by atoms with E-state index in [0.29, 0.717) is 3.12 Å². The van der Waals surface area contributed by atoms with Crippen molar-refractivity contribution in [1.29, 1.82) is 0 Å². The van der Waals surface area contributed by atoms with Crippen LogP contribution in [-0.4, -0.2) is 0 Å². The molecule has 0 bridgehead atoms. The molecule has 0 heterocycles. The summed E-state index contributed by atoms with van der Waals surface area (Å²) in [6.45, 7) is 9.42. The third-order valence-electron chi connectivity index (χ3n) is 4.53. The minimum atomic E-state index is -0.516. The Hall–Kier alpha value is 0.423. The summed E-state index contributed by atoms with van der Waals surface area (Å²) in [5.74, 6) is 0. The van der Waals surface area contributed by atoms with Gasteiger partial charge in [0, 0.05) is 0 Å². The van der Waals surface area contributed by atoms with Gasteiger partial charge in [-0.05, 0) is 0 Å². The molecule has 1 unspecified atom stereocenters. The van der Waals surface area contributed by atoms with E-state index in [4.69, 9.17) is 0 Å². The summed E-state index contributed by atoms with van der Waals surface area (Å²) >= 11 is -0.516. The minimum Gasteiger partial charge on any atom is -1.00 e. The predicted octanol–water partition coefficient (Wildman–Crippen LogP) is 0.0267. The van der Waals surface area contributed by atoms with Gasteiger partial charge in [-0.15, -0.1) is 0 Å². The fourth-order valence-electron chi connectivity index (χ4n) is 3.59. The van der Waals surface area contributed by atoms with Gasteiger partial charge >= 0.3 is 130 Å². The molecule has 0 aliphatic heterocycles. The first-order valence-electron chi connectivity index (χ1n) is 7.78. The van der Waals surface area contributed by atoms with Crippen LogP contribution >= 0.6 is 0 Å².